The van der Waals surface area contributed by atoms with Crippen LogP contribution >= 0.6 is 0 Å². The van der Waals surface area contributed by atoms with E-state index in [1.807, 2.05) is 75.0 Å². The molecule has 0 saturated carbocycles. The summed E-state index contributed by atoms with van der Waals surface area (Å²) >= 11 is 0. The van der Waals surface area contributed by atoms with Crippen molar-refractivity contribution in [2.45, 2.75) is 25.7 Å². The van der Waals surface area contributed by atoms with Gasteiger partial charge in [0.2, 0.25) is 0 Å². The first-order valence-corrected chi connectivity index (χ1v) is 10.4. The Kier molecular flexibility index (Phi) is 6.08. The van der Waals surface area contributed by atoms with Gasteiger partial charge in [0.25, 0.3) is 0 Å². The smallest absolute Gasteiger partial charge is 0.177 e. The Bertz CT molecular complexity index is 903. The number of aliphatic imine (C=N–C) groups is 1. The second-order valence-electron chi connectivity index (χ2n) is 6.59. The number of nitrogens with zero attached hydrogens (tertiary/aromatic N) is 3. The van der Waals surface area contributed by atoms with Crippen LogP contribution < -0.4 is 4.90 Å². The van der Waals surface area contributed by atoms with Crippen LogP contribution in [0.5, 0.6) is 0 Å². The van der Waals surface area contributed by atoms with E-state index < -0.39 is 9.84 Å². The zero-order valence-corrected chi connectivity index (χ0v) is 17.1. The predicted octanol–water partition coefficient (Wildman–Crippen LogP) is 4.09. The lowest BCUT2D eigenvalue weighted by atomic mass is 10.1. The van der Waals surface area contributed by atoms with Gasteiger partial charge in [0.05, 0.1) is 16.9 Å². The van der Waals surface area contributed by atoms with E-state index in [1.165, 1.54) is 11.8 Å². The first-order chi connectivity index (χ1) is 12.1. The summed E-state index contributed by atoms with van der Waals surface area (Å²) in [5.74, 6) is 0. The van der Waals surface area contributed by atoms with Crippen LogP contribution in [-0.4, -0.2) is 46.6 Å². The number of hydrogen-bond acceptors (Lipinski definition) is 4. The summed E-state index contributed by atoms with van der Waals surface area (Å²) in [6.45, 7) is 6.81. The van der Waals surface area contributed by atoms with Gasteiger partial charge in [-0.1, -0.05) is 17.7 Å². The number of hydrogen-bond donors (Lipinski definition) is 0. The SMILES string of the molecule is CCN(C)C=Nc1cc(C)c(N(C)c2ccc(C)cc2)cc1S(C)(=O)=O. The van der Waals surface area contributed by atoms with Crippen molar-refractivity contribution in [3.63, 3.8) is 0 Å². The molecule has 6 heteroatoms. The van der Waals surface area contributed by atoms with Crippen LogP contribution in [0.2, 0.25) is 0 Å². The number of anilines is 2. The molecule has 0 radical (unpaired) electrons. The van der Waals surface area contributed by atoms with E-state index in [9.17, 15) is 8.42 Å². The Morgan fingerprint density at radius 1 is 1.08 bits per heavy atom. The maximum atomic E-state index is 12.3. The van der Waals surface area contributed by atoms with Crippen molar-refractivity contribution < 1.29 is 8.42 Å². The fraction of sp³-hybridized carbons (Fsp3) is 0.350. The third-order valence-electron chi connectivity index (χ3n) is 4.35. The van der Waals surface area contributed by atoms with E-state index in [1.54, 1.807) is 12.4 Å². The Hall–Kier alpha value is -2.34. The summed E-state index contributed by atoms with van der Waals surface area (Å²) in [5.41, 5.74) is 4.45. The molecule has 2 aromatic carbocycles. The highest BCUT2D eigenvalue weighted by molar-refractivity contribution is 7.90. The molecular formula is C20H27N3O2S. The van der Waals surface area contributed by atoms with Gasteiger partial charge in [0.15, 0.2) is 9.84 Å². The maximum Gasteiger partial charge on any atom is 0.177 e. The molecule has 0 N–H and O–H groups in total. The fourth-order valence-electron chi connectivity index (χ4n) is 2.57. The molecule has 140 valence electrons. The summed E-state index contributed by atoms with van der Waals surface area (Å²) in [7, 11) is 0.427. The minimum atomic E-state index is -3.41. The largest absolute Gasteiger partial charge is 0.366 e. The molecule has 0 aromatic heterocycles. The van der Waals surface area contributed by atoms with Crippen molar-refractivity contribution in [1.82, 2.24) is 4.90 Å². The molecular weight excluding hydrogens is 346 g/mol. The third kappa shape index (κ3) is 4.64. The summed E-state index contributed by atoms with van der Waals surface area (Å²) < 4.78 is 24.7. The van der Waals surface area contributed by atoms with E-state index in [2.05, 4.69) is 4.99 Å². The zero-order valence-electron chi connectivity index (χ0n) is 16.3. The maximum absolute atomic E-state index is 12.3. The molecule has 0 saturated heterocycles. The first kappa shape index (κ1) is 20.0. The van der Waals surface area contributed by atoms with Gasteiger partial charge >= 0.3 is 0 Å². The van der Waals surface area contributed by atoms with Crippen LogP contribution in [0, 0.1) is 13.8 Å². The molecule has 0 heterocycles. The summed E-state index contributed by atoms with van der Waals surface area (Å²) in [6, 6.07) is 11.7. The second kappa shape index (κ2) is 7.91. The van der Waals surface area contributed by atoms with E-state index in [0.717, 1.165) is 23.5 Å². The molecule has 2 rings (SSSR count). The van der Waals surface area contributed by atoms with Gasteiger partial charge in [-0.25, -0.2) is 13.4 Å². The second-order valence-corrected chi connectivity index (χ2v) is 8.58. The Labute approximate surface area is 156 Å². The highest BCUT2D eigenvalue weighted by Gasteiger charge is 2.18. The lowest BCUT2D eigenvalue weighted by molar-refractivity contribution is 0.552. The van der Waals surface area contributed by atoms with Crippen molar-refractivity contribution in [2.75, 3.05) is 31.8 Å². The Morgan fingerprint density at radius 3 is 2.23 bits per heavy atom. The number of rotatable bonds is 6. The van der Waals surface area contributed by atoms with Crippen molar-refractivity contribution in [1.29, 1.82) is 0 Å². The van der Waals surface area contributed by atoms with Crippen LogP contribution in [0.4, 0.5) is 17.1 Å². The lowest BCUT2D eigenvalue weighted by Gasteiger charge is -2.23. The van der Waals surface area contributed by atoms with Gasteiger partial charge in [-0.05, 0) is 50.6 Å². The normalized spacial score (nSPS) is 11.8. The molecule has 0 aliphatic heterocycles. The van der Waals surface area contributed by atoms with Crippen LogP contribution in [0.1, 0.15) is 18.1 Å². The van der Waals surface area contributed by atoms with Crippen molar-refractivity contribution in [2.24, 2.45) is 4.99 Å². The highest BCUT2D eigenvalue weighted by atomic mass is 32.2. The van der Waals surface area contributed by atoms with Crippen molar-refractivity contribution >= 4 is 33.2 Å². The summed E-state index contributed by atoms with van der Waals surface area (Å²) in [5, 5.41) is 0. The van der Waals surface area contributed by atoms with Crippen molar-refractivity contribution in [3.05, 3.63) is 47.5 Å². The minimum absolute atomic E-state index is 0.234. The number of aryl methyl sites for hydroxylation is 2. The zero-order chi connectivity index (χ0) is 19.5. The van der Waals surface area contributed by atoms with Gasteiger partial charge in [0, 0.05) is 38.3 Å². The van der Waals surface area contributed by atoms with E-state index in [4.69, 9.17) is 0 Å². The summed E-state index contributed by atoms with van der Waals surface area (Å²) in [4.78, 5) is 8.52. The predicted molar refractivity (Wildman–Crippen MR) is 110 cm³/mol. The molecule has 0 amide bonds. The third-order valence-corrected chi connectivity index (χ3v) is 5.48. The van der Waals surface area contributed by atoms with E-state index in [-0.39, 0.29) is 4.90 Å². The van der Waals surface area contributed by atoms with E-state index in [0.29, 0.717) is 5.69 Å². The van der Waals surface area contributed by atoms with Gasteiger partial charge < -0.3 is 9.80 Å². The molecule has 0 spiro atoms. The van der Waals surface area contributed by atoms with Crippen molar-refractivity contribution in [3.8, 4) is 0 Å². The molecule has 0 unspecified atom stereocenters. The standard InChI is InChI=1S/C20H27N3O2S/c1-7-22(4)14-21-18-12-16(3)19(13-20(18)26(6,24)25)23(5)17-10-8-15(2)9-11-17/h8-14H,7H2,1-6H3. The van der Waals surface area contributed by atoms with Crippen LogP contribution in [0.25, 0.3) is 0 Å². The monoisotopic (exact) mass is 373 g/mol. The molecule has 0 aliphatic carbocycles. The molecule has 0 aliphatic rings. The highest BCUT2D eigenvalue weighted by Crippen LogP contribution is 2.35. The minimum Gasteiger partial charge on any atom is -0.366 e. The lowest BCUT2D eigenvalue weighted by Crippen LogP contribution is -2.15. The van der Waals surface area contributed by atoms with Crippen LogP contribution in [0.3, 0.4) is 0 Å². The summed E-state index contributed by atoms with van der Waals surface area (Å²) in [6.07, 6.45) is 2.88. The number of sulfone groups is 1. The topological polar surface area (TPSA) is 53.0 Å². The first-order valence-electron chi connectivity index (χ1n) is 8.53. The number of benzene rings is 2. The molecule has 26 heavy (non-hydrogen) atoms. The molecule has 2 aromatic rings. The fourth-order valence-corrected chi connectivity index (χ4v) is 3.39. The van der Waals surface area contributed by atoms with E-state index >= 15 is 0 Å². The van der Waals surface area contributed by atoms with Gasteiger partial charge in [0.1, 0.15) is 0 Å². The van der Waals surface area contributed by atoms with Gasteiger partial charge in [-0.15, -0.1) is 0 Å². The molecule has 0 atom stereocenters. The average Bonchev–Trinajstić information content (AvgIpc) is 2.58. The Balaban J connectivity index is 2.55. The Morgan fingerprint density at radius 2 is 1.69 bits per heavy atom. The van der Waals surface area contributed by atoms with Gasteiger partial charge in [-0.3, -0.25) is 0 Å². The van der Waals surface area contributed by atoms with Gasteiger partial charge in [-0.2, -0.15) is 0 Å². The molecule has 0 bridgehead atoms. The molecule has 0 fully saturated rings. The van der Waals surface area contributed by atoms with Crippen LogP contribution in [0.15, 0.2) is 46.3 Å². The molecule has 5 nitrogen and oxygen atoms in total. The average molecular weight is 374 g/mol. The van der Waals surface area contributed by atoms with Crippen LogP contribution in [-0.2, 0) is 9.84 Å². The quantitative estimate of drug-likeness (QED) is 0.565.